The monoisotopic (exact) mass is 318 g/mol. The lowest BCUT2D eigenvalue weighted by atomic mass is 9.82. The summed E-state index contributed by atoms with van der Waals surface area (Å²) in [5, 5.41) is 0. The standard InChI is InChI=1S/C18H38S2/c1-7-17(5,8-2)11-13-19-15-16-20-14-12-18(6,9-3)10-4/h7-16H2,1-6H3. The predicted molar refractivity (Wildman–Crippen MR) is 101 cm³/mol. The van der Waals surface area contributed by atoms with Gasteiger partial charge >= 0.3 is 0 Å². The molecular weight excluding hydrogens is 280 g/mol. The van der Waals surface area contributed by atoms with Gasteiger partial charge in [0.05, 0.1) is 0 Å². The molecule has 0 atom stereocenters. The summed E-state index contributed by atoms with van der Waals surface area (Å²) >= 11 is 4.32. The van der Waals surface area contributed by atoms with Gasteiger partial charge < -0.3 is 0 Å². The van der Waals surface area contributed by atoms with E-state index in [1.165, 1.54) is 61.5 Å². The summed E-state index contributed by atoms with van der Waals surface area (Å²) in [5.41, 5.74) is 1.18. The van der Waals surface area contributed by atoms with Gasteiger partial charge in [-0.2, -0.15) is 23.5 Å². The van der Waals surface area contributed by atoms with Gasteiger partial charge in [0.2, 0.25) is 0 Å². The molecular formula is C18H38S2. The van der Waals surface area contributed by atoms with E-state index in [2.05, 4.69) is 65.1 Å². The zero-order valence-electron chi connectivity index (χ0n) is 14.9. The minimum Gasteiger partial charge on any atom is -0.161 e. The molecule has 0 aliphatic carbocycles. The van der Waals surface area contributed by atoms with Gasteiger partial charge in [0.1, 0.15) is 0 Å². The quantitative estimate of drug-likeness (QED) is 0.339. The molecule has 0 N–H and O–H groups in total. The average molecular weight is 319 g/mol. The molecule has 0 saturated carbocycles. The molecule has 0 fully saturated rings. The lowest BCUT2D eigenvalue weighted by molar-refractivity contribution is 0.289. The van der Waals surface area contributed by atoms with Crippen molar-refractivity contribution in [2.75, 3.05) is 23.0 Å². The largest absolute Gasteiger partial charge is 0.161 e. The van der Waals surface area contributed by atoms with E-state index in [9.17, 15) is 0 Å². The summed E-state index contributed by atoms with van der Waals surface area (Å²) in [4.78, 5) is 0. The highest BCUT2D eigenvalue weighted by Crippen LogP contribution is 2.32. The molecule has 0 aromatic heterocycles. The Labute approximate surface area is 137 Å². The van der Waals surface area contributed by atoms with Crippen LogP contribution in [0.4, 0.5) is 0 Å². The van der Waals surface area contributed by atoms with E-state index in [1.807, 2.05) is 0 Å². The van der Waals surface area contributed by atoms with Crippen LogP contribution in [0.2, 0.25) is 0 Å². The Kier molecular flexibility index (Phi) is 11.7. The van der Waals surface area contributed by atoms with Crippen LogP contribution in [0.15, 0.2) is 0 Å². The highest BCUT2D eigenvalue weighted by molar-refractivity contribution is 8.02. The second kappa shape index (κ2) is 11.3. The fraction of sp³-hybridized carbons (Fsp3) is 1.00. The molecule has 2 heteroatoms. The Morgan fingerprint density at radius 2 is 0.850 bits per heavy atom. The Morgan fingerprint density at radius 3 is 1.10 bits per heavy atom. The molecule has 0 aliphatic rings. The van der Waals surface area contributed by atoms with Crippen molar-refractivity contribution in [3.8, 4) is 0 Å². The Balaban J connectivity index is 3.50. The normalized spacial score (nSPS) is 12.9. The Morgan fingerprint density at radius 1 is 0.550 bits per heavy atom. The van der Waals surface area contributed by atoms with Gasteiger partial charge in [0.25, 0.3) is 0 Å². The summed E-state index contributed by atoms with van der Waals surface area (Å²) in [5.74, 6) is 5.37. The van der Waals surface area contributed by atoms with Crippen molar-refractivity contribution in [1.29, 1.82) is 0 Å². The van der Waals surface area contributed by atoms with Crippen molar-refractivity contribution in [2.24, 2.45) is 10.8 Å². The molecule has 20 heavy (non-hydrogen) atoms. The van der Waals surface area contributed by atoms with Crippen molar-refractivity contribution in [3.63, 3.8) is 0 Å². The maximum atomic E-state index is 2.44. The fourth-order valence-electron chi connectivity index (χ4n) is 2.17. The molecule has 0 bridgehead atoms. The third-order valence-electron chi connectivity index (χ3n) is 5.49. The van der Waals surface area contributed by atoms with Crippen molar-refractivity contribution < 1.29 is 0 Å². The molecule has 0 spiro atoms. The van der Waals surface area contributed by atoms with Gasteiger partial charge in [-0.1, -0.05) is 67.2 Å². The second-order valence-corrected chi connectivity index (χ2v) is 9.21. The maximum absolute atomic E-state index is 2.44. The van der Waals surface area contributed by atoms with E-state index in [0.717, 1.165) is 0 Å². The predicted octanol–water partition coefficient (Wildman–Crippen LogP) is 6.89. The first-order chi connectivity index (χ1) is 9.45. The van der Waals surface area contributed by atoms with Gasteiger partial charge in [-0.05, 0) is 35.2 Å². The molecule has 0 aromatic carbocycles. The van der Waals surface area contributed by atoms with Crippen molar-refractivity contribution in [2.45, 2.75) is 80.1 Å². The first-order valence-corrected chi connectivity index (χ1v) is 10.9. The van der Waals surface area contributed by atoms with Gasteiger partial charge in [0, 0.05) is 11.5 Å². The van der Waals surface area contributed by atoms with E-state index in [0.29, 0.717) is 10.8 Å². The minimum absolute atomic E-state index is 0.588. The summed E-state index contributed by atoms with van der Waals surface area (Å²) < 4.78 is 0. The third-order valence-corrected chi connectivity index (χ3v) is 7.72. The van der Waals surface area contributed by atoms with Crippen LogP contribution < -0.4 is 0 Å². The number of rotatable bonds is 13. The molecule has 0 unspecified atom stereocenters. The SMILES string of the molecule is CCC(C)(CC)CCSCCSCCC(C)(CC)CC. The molecule has 0 saturated heterocycles. The second-order valence-electron chi connectivity index (χ2n) is 6.76. The number of hydrogen-bond acceptors (Lipinski definition) is 2. The van der Waals surface area contributed by atoms with Gasteiger partial charge in [-0.25, -0.2) is 0 Å². The van der Waals surface area contributed by atoms with Gasteiger partial charge in [-0.3, -0.25) is 0 Å². The Hall–Kier alpha value is 0.700. The van der Waals surface area contributed by atoms with Crippen LogP contribution in [-0.4, -0.2) is 23.0 Å². The van der Waals surface area contributed by atoms with Crippen LogP contribution in [0.5, 0.6) is 0 Å². The average Bonchev–Trinajstić information content (AvgIpc) is 2.49. The van der Waals surface area contributed by atoms with Crippen molar-refractivity contribution in [3.05, 3.63) is 0 Å². The van der Waals surface area contributed by atoms with E-state index in [4.69, 9.17) is 0 Å². The molecule has 0 amide bonds. The lowest BCUT2D eigenvalue weighted by Crippen LogP contribution is -2.15. The summed E-state index contributed by atoms with van der Waals surface area (Å²) in [6.45, 7) is 14.2. The van der Waals surface area contributed by atoms with Gasteiger partial charge in [0.15, 0.2) is 0 Å². The molecule has 122 valence electrons. The van der Waals surface area contributed by atoms with Crippen LogP contribution in [0.3, 0.4) is 0 Å². The van der Waals surface area contributed by atoms with Crippen LogP contribution in [0.1, 0.15) is 80.1 Å². The minimum atomic E-state index is 0.588. The molecule has 0 aromatic rings. The fourth-order valence-corrected chi connectivity index (χ4v) is 4.79. The lowest BCUT2D eigenvalue weighted by Gasteiger charge is -2.26. The molecule has 0 rings (SSSR count). The summed E-state index contributed by atoms with van der Waals surface area (Å²) in [7, 11) is 0. The van der Waals surface area contributed by atoms with Crippen LogP contribution >= 0.6 is 23.5 Å². The zero-order chi connectivity index (χ0) is 15.5. The van der Waals surface area contributed by atoms with Crippen LogP contribution in [0, 0.1) is 10.8 Å². The summed E-state index contributed by atoms with van der Waals surface area (Å²) in [6, 6.07) is 0. The molecule has 0 heterocycles. The number of hydrogen-bond donors (Lipinski definition) is 0. The highest BCUT2D eigenvalue weighted by atomic mass is 32.2. The van der Waals surface area contributed by atoms with E-state index < -0.39 is 0 Å². The molecule has 0 aliphatic heterocycles. The number of thioether (sulfide) groups is 2. The van der Waals surface area contributed by atoms with E-state index in [1.54, 1.807) is 0 Å². The summed E-state index contributed by atoms with van der Waals surface area (Å²) in [6.07, 6.45) is 8.08. The third kappa shape index (κ3) is 8.87. The van der Waals surface area contributed by atoms with E-state index in [-0.39, 0.29) is 0 Å². The topological polar surface area (TPSA) is 0 Å². The van der Waals surface area contributed by atoms with Crippen molar-refractivity contribution >= 4 is 23.5 Å². The molecule has 0 nitrogen and oxygen atoms in total. The van der Waals surface area contributed by atoms with Crippen LogP contribution in [-0.2, 0) is 0 Å². The van der Waals surface area contributed by atoms with E-state index >= 15 is 0 Å². The van der Waals surface area contributed by atoms with Gasteiger partial charge in [-0.15, -0.1) is 0 Å². The maximum Gasteiger partial charge on any atom is 0.00235 e. The first-order valence-electron chi connectivity index (χ1n) is 8.60. The Bertz CT molecular complexity index is 193. The van der Waals surface area contributed by atoms with Crippen molar-refractivity contribution in [1.82, 2.24) is 0 Å². The zero-order valence-corrected chi connectivity index (χ0v) is 16.5. The smallest absolute Gasteiger partial charge is 0.00235 e. The van der Waals surface area contributed by atoms with Crippen LogP contribution in [0.25, 0.3) is 0 Å². The molecule has 0 radical (unpaired) electrons. The highest BCUT2D eigenvalue weighted by Gasteiger charge is 2.19. The first kappa shape index (κ1) is 20.7.